The minimum atomic E-state index is -0.502. The number of amides is 2. The number of halogens is 1. The molecule has 0 aromatic heterocycles. The van der Waals surface area contributed by atoms with Gasteiger partial charge in [-0.3, -0.25) is 14.5 Å². The molecule has 1 heterocycles. The van der Waals surface area contributed by atoms with Crippen LogP contribution in [0, 0.1) is 19.7 Å². The highest BCUT2D eigenvalue weighted by Crippen LogP contribution is 2.19. The standard InChI is InChI=1S/C21H24FN3O2/c1-15-6-5-7-16(2)20(15)23-19(26)14-24-10-12-25(13-11-24)21(27)17-8-3-4-9-18(17)22/h3-9H,10-14H2,1-2H3,(H,23,26). The summed E-state index contributed by atoms with van der Waals surface area (Å²) in [6.45, 7) is 6.33. The third-order valence-corrected chi connectivity index (χ3v) is 4.88. The molecule has 142 valence electrons. The van der Waals surface area contributed by atoms with Crippen LogP contribution in [-0.2, 0) is 4.79 Å². The number of carbonyl (C=O) groups is 2. The van der Waals surface area contributed by atoms with E-state index in [1.54, 1.807) is 17.0 Å². The van der Waals surface area contributed by atoms with E-state index in [2.05, 4.69) is 5.32 Å². The number of rotatable bonds is 4. The number of hydrogen-bond donors (Lipinski definition) is 1. The minimum Gasteiger partial charge on any atom is -0.336 e. The van der Waals surface area contributed by atoms with E-state index in [1.807, 2.05) is 36.9 Å². The molecule has 0 aliphatic carbocycles. The molecule has 2 aromatic carbocycles. The molecule has 0 saturated carbocycles. The average Bonchev–Trinajstić information content (AvgIpc) is 2.65. The number of para-hydroxylation sites is 1. The number of benzene rings is 2. The van der Waals surface area contributed by atoms with Gasteiger partial charge in [0, 0.05) is 31.9 Å². The maximum atomic E-state index is 13.8. The molecule has 0 atom stereocenters. The van der Waals surface area contributed by atoms with Gasteiger partial charge in [0.15, 0.2) is 0 Å². The van der Waals surface area contributed by atoms with Crippen molar-refractivity contribution in [3.05, 3.63) is 65.0 Å². The van der Waals surface area contributed by atoms with E-state index in [-0.39, 0.29) is 23.9 Å². The van der Waals surface area contributed by atoms with Crippen molar-refractivity contribution < 1.29 is 14.0 Å². The Morgan fingerprint density at radius 3 is 2.22 bits per heavy atom. The second kappa shape index (κ2) is 8.31. The fraction of sp³-hybridized carbons (Fsp3) is 0.333. The molecular weight excluding hydrogens is 345 g/mol. The van der Waals surface area contributed by atoms with Crippen molar-refractivity contribution in [2.75, 3.05) is 38.0 Å². The maximum Gasteiger partial charge on any atom is 0.256 e. The van der Waals surface area contributed by atoms with E-state index < -0.39 is 5.82 Å². The van der Waals surface area contributed by atoms with E-state index >= 15 is 0 Å². The lowest BCUT2D eigenvalue weighted by Crippen LogP contribution is -2.50. The summed E-state index contributed by atoms with van der Waals surface area (Å²) < 4.78 is 13.8. The van der Waals surface area contributed by atoms with E-state index in [1.165, 1.54) is 12.1 Å². The van der Waals surface area contributed by atoms with E-state index in [0.29, 0.717) is 26.2 Å². The predicted octanol–water partition coefficient (Wildman–Crippen LogP) is 2.84. The van der Waals surface area contributed by atoms with Crippen LogP contribution in [0.4, 0.5) is 10.1 Å². The molecule has 1 saturated heterocycles. The Balaban J connectivity index is 1.53. The molecule has 0 spiro atoms. The average molecular weight is 369 g/mol. The Morgan fingerprint density at radius 1 is 0.963 bits per heavy atom. The summed E-state index contributed by atoms with van der Waals surface area (Å²) in [5, 5.41) is 2.98. The lowest BCUT2D eigenvalue weighted by Gasteiger charge is -2.34. The maximum absolute atomic E-state index is 13.8. The number of aryl methyl sites for hydroxylation is 2. The Labute approximate surface area is 158 Å². The lowest BCUT2D eigenvalue weighted by atomic mass is 10.1. The van der Waals surface area contributed by atoms with Crippen LogP contribution in [0.2, 0.25) is 0 Å². The largest absolute Gasteiger partial charge is 0.336 e. The van der Waals surface area contributed by atoms with Crippen molar-refractivity contribution in [3.8, 4) is 0 Å². The van der Waals surface area contributed by atoms with Gasteiger partial charge in [-0.15, -0.1) is 0 Å². The molecule has 0 unspecified atom stereocenters. The SMILES string of the molecule is Cc1cccc(C)c1NC(=O)CN1CCN(C(=O)c2ccccc2F)CC1. The third kappa shape index (κ3) is 4.52. The van der Waals surface area contributed by atoms with Crippen LogP contribution in [0.3, 0.4) is 0 Å². The van der Waals surface area contributed by atoms with Gasteiger partial charge in [0.25, 0.3) is 5.91 Å². The Hall–Kier alpha value is -2.73. The fourth-order valence-electron chi connectivity index (χ4n) is 3.31. The highest BCUT2D eigenvalue weighted by Gasteiger charge is 2.25. The third-order valence-electron chi connectivity index (χ3n) is 4.88. The zero-order valence-electron chi connectivity index (χ0n) is 15.7. The van der Waals surface area contributed by atoms with Gasteiger partial charge in [-0.05, 0) is 37.1 Å². The van der Waals surface area contributed by atoms with Gasteiger partial charge >= 0.3 is 0 Å². The Kier molecular flexibility index (Phi) is 5.86. The molecule has 2 amide bonds. The van der Waals surface area contributed by atoms with Crippen LogP contribution in [0.15, 0.2) is 42.5 Å². The zero-order valence-corrected chi connectivity index (χ0v) is 15.7. The van der Waals surface area contributed by atoms with Crippen molar-refractivity contribution in [3.63, 3.8) is 0 Å². The number of carbonyl (C=O) groups excluding carboxylic acids is 2. The summed E-state index contributed by atoms with van der Waals surface area (Å²) >= 11 is 0. The molecule has 5 nitrogen and oxygen atoms in total. The molecule has 0 radical (unpaired) electrons. The molecule has 0 bridgehead atoms. The van der Waals surface area contributed by atoms with Crippen molar-refractivity contribution in [1.82, 2.24) is 9.80 Å². The molecule has 27 heavy (non-hydrogen) atoms. The molecular formula is C21H24FN3O2. The molecule has 3 rings (SSSR count). The van der Waals surface area contributed by atoms with Crippen LogP contribution in [0.5, 0.6) is 0 Å². The molecule has 1 aliphatic rings. The summed E-state index contributed by atoms with van der Waals surface area (Å²) in [6.07, 6.45) is 0. The highest BCUT2D eigenvalue weighted by molar-refractivity contribution is 5.95. The topological polar surface area (TPSA) is 52.7 Å². The van der Waals surface area contributed by atoms with Crippen molar-refractivity contribution in [2.24, 2.45) is 0 Å². The number of nitrogens with one attached hydrogen (secondary N) is 1. The van der Waals surface area contributed by atoms with E-state index in [0.717, 1.165) is 16.8 Å². The smallest absolute Gasteiger partial charge is 0.256 e. The number of anilines is 1. The van der Waals surface area contributed by atoms with Crippen LogP contribution in [0.1, 0.15) is 21.5 Å². The first-order valence-corrected chi connectivity index (χ1v) is 9.08. The summed E-state index contributed by atoms with van der Waals surface area (Å²) in [6, 6.07) is 11.9. The van der Waals surface area contributed by atoms with Crippen LogP contribution < -0.4 is 5.32 Å². The van der Waals surface area contributed by atoms with Gasteiger partial charge in [0.1, 0.15) is 5.82 Å². The van der Waals surface area contributed by atoms with Gasteiger partial charge < -0.3 is 10.2 Å². The van der Waals surface area contributed by atoms with Gasteiger partial charge in [-0.2, -0.15) is 0 Å². The summed E-state index contributed by atoms with van der Waals surface area (Å²) in [5.41, 5.74) is 3.02. The predicted molar refractivity (Wildman–Crippen MR) is 103 cm³/mol. The first-order chi connectivity index (χ1) is 13.0. The molecule has 1 fully saturated rings. The molecule has 6 heteroatoms. The first-order valence-electron chi connectivity index (χ1n) is 9.08. The summed E-state index contributed by atoms with van der Waals surface area (Å²) in [4.78, 5) is 28.5. The number of nitrogens with zero attached hydrogens (tertiary/aromatic N) is 2. The highest BCUT2D eigenvalue weighted by atomic mass is 19.1. The minimum absolute atomic E-state index is 0.0683. The van der Waals surface area contributed by atoms with Crippen LogP contribution in [0.25, 0.3) is 0 Å². The number of hydrogen-bond acceptors (Lipinski definition) is 3. The monoisotopic (exact) mass is 369 g/mol. The zero-order chi connectivity index (χ0) is 19.4. The van der Waals surface area contributed by atoms with Crippen molar-refractivity contribution >= 4 is 17.5 Å². The second-order valence-corrected chi connectivity index (χ2v) is 6.86. The molecule has 1 N–H and O–H groups in total. The normalized spacial score (nSPS) is 14.9. The Bertz CT molecular complexity index is 825. The summed E-state index contributed by atoms with van der Waals surface area (Å²) in [7, 11) is 0. The lowest BCUT2D eigenvalue weighted by molar-refractivity contribution is -0.117. The van der Waals surface area contributed by atoms with Crippen LogP contribution in [-0.4, -0.2) is 54.3 Å². The van der Waals surface area contributed by atoms with E-state index in [9.17, 15) is 14.0 Å². The number of piperazine rings is 1. The second-order valence-electron chi connectivity index (χ2n) is 6.86. The van der Waals surface area contributed by atoms with Gasteiger partial charge in [-0.1, -0.05) is 30.3 Å². The first kappa shape index (κ1) is 19.0. The molecule has 2 aromatic rings. The summed E-state index contributed by atoms with van der Waals surface area (Å²) in [5.74, 6) is -0.869. The fourth-order valence-corrected chi connectivity index (χ4v) is 3.31. The quantitative estimate of drug-likeness (QED) is 0.902. The van der Waals surface area contributed by atoms with Gasteiger partial charge in [0.05, 0.1) is 12.1 Å². The van der Waals surface area contributed by atoms with Gasteiger partial charge in [-0.25, -0.2) is 4.39 Å². The van der Waals surface area contributed by atoms with Crippen molar-refractivity contribution in [1.29, 1.82) is 0 Å². The van der Waals surface area contributed by atoms with Crippen molar-refractivity contribution in [2.45, 2.75) is 13.8 Å². The van der Waals surface area contributed by atoms with E-state index in [4.69, 9.17) is 0 Å². The van der Waals surface area contributed by atoms with Crippen LogP contribution >= 0.6 is 0 Å². The van der Waals surface area contributed by atoms with Gasteiger partial charge in [0.2, 0.25) is 5.91 Å². The Morgan fingerprint density at radius 2 is 1.59 bits per heavy atom. The molecule has 1 aliphatic heterocycles.